The lowest BCUT2D eigenvalue weighted by Crippen LogP contribution is -2.28. The van der Waals surface area contributed by atoms with Crippen LogP contribution in [0.25, 0.3) is 0 Å². The zero-order chi connectivity index (χ0) is 18.9. The lowest BCUT2D eigenvalue weighted by Gasteiger charge is -2.11. The Balaban J connectivity index is 1.92. The number of benzene rings is 1. The van der Waals surface area contributed by atoms with Crippen molar-refractivity contribution in [3.8, 4) is 5.75 Å². The third-order valence-corrected chi connectivity index (χ3v) is 3.44. The van der Waals surface area contributed by atoms with Crippen LogP contribution in [0.4, 0.5) is 11.6 Å². The molecule has 0 aliphatic carbocycles. The largest absolute Gasteiger partial charge is 0.491 e. The molecule has 26 heavy (non-hydrogen) atoms. The van der Waals surface area contributed by atoms with E-state index in [0.717, 1.165) is 24.4 Å². The van der Waals surface area contributed by atoms with Gasteiger partial charge >= 0.3 is 0 Å². The van der Waals surface area contributed by atoms with Gasteiger partial charge in [0, 0.05) is 18.4 Å². The standard InChI is InChI=1S/C19H27N5O2/c1-14(2)26-16-8-6-15(7-9-16)22-19-21-12-10-17(23-19)18(25)20-11-5-13-24(3)4/h6-10,12,14H,5,11,13H2,1-4H3,(H,20,25)(H,21,22,23). The SMILES string of the molecule is CC(C)Oc1ccc(Nc2nccc(C(=O)NCCCN(C)C)n2)cc1. The maximum atomic E-state index is 12.2. The van der Waals surface area contributed by atoms with E-state index >= 15 is 0 Å². The van der Waals surface area contributed by atoms with Gasteiger partial charge in [-0.25, -0.2) is 9.97 Å². The number of hydrogen-bond acceptors (Lipinski definition) is 6. The highest BCUT2D eigenvalue weighted by molar-refractivity contribution is 5.92. The highest BCUT2D eigenvalue weighted by atomic mass is 16.5. The van der Waals surface area contributed by atoms with Crippen LogP contribution in [0.2, 0.25) is 0 Å². The van der Waals surface area contributed by atoms with Crippen LogP contribution < -0.4 is 15.4 Å². The van der Waals surface area contributed by atoms with E-state index in [4.69, 9.17) is 4.74 Å². The minimum atomic E-state index is -0.199. The van der Waals surface area contributed by atoms with Crippen molar-refractivity contribution in [2.24, 2.45) is 0 Å². The van der Waals surface area contributed by atoms with Gasteiger partial charge in [0.1, 0.15) is 11.4 Å². The first-order chi connectivity index (χ1) is 12.4. The average molecular weight is 357 g/mol. The summed E-state index contributed by atoms with van der Waals surface area (Å²) >= 11 is 0. The van der Waals surface area contributed by atoms with E-state index in [9.17, 15) is 4.79 Å². The molecule has 7 heteroatoms. The molecule has 0 spiro atoms. The second-order valence-corrected chi connectivity index (χ2v) is 6.49. The molecule has 0 unspecified atom stereocenters. The zero-order valence-electron chi connectivity index (χ0n) is 15.8. The minimum Gasteiger partial charge on any atom is -0.491 e. The van der Waals surface area contributed by atoms with Crippen LogP contribution in [0, 0.1) is 0 Å². The van der Waals surface area contributed by atoms with Crippen molar-refractivity contribution in [1.29, 1.82) is 0 Å². The van der Waals surface area contributed by atoms with Gasteiger partial charge in [-0.3, -0.25) is 4.79 Å². The molecule has 0 aliphatic heterocycles. The summed E-state index contributed by atoms with van der Waals surface area (Å²) < 4.78 is 5.62. The summed E-state index contributed by atoms with van der Waals surface area (Å²) in [6.45, 7) is 5.50. The molecular weight excluding hydrogens is 330 g/mol. The van der Waals surface area contributed by atoms with E-state index in [1.54, 1.807) is 12.3 Å². The molecule has 0 bridgehead atoms. The van der Waals surface area contributed by atoms with Crippen molar-refractivity contribution >= 4 is 17.5 Å². The van der Waals surface area contributed by atoms with Crippen molar-refractivity contribution in [3.05, 3.63) is 42.2 Å². The highest BCUT2D eigenvalue weighted by Gasteiger charge is 2.08. The smallest absolute Gasteiger partial charge is 0.270 e. The van der Waals surface area contributed by atoms with Crippen LogP contribution in [-0.2, 0) is 0 Å². The molecule has 0 fully saturated rings. The van der Waals surface area contributed by atoms with E-state index in [0.29, 0.717) is 18.2 Å². The second-order valence-electron chi connectivity index (χ2n) is 6.49. The summed E-state index contributed by atoms with van der Waals surface area (Å²) in [5.74, 6) is 0.982. The first-order valence-corrected chi connectivity index (χ1v) is 8.74. The van der Waals surface area contributed by atoms with Crippen molar-refractivity contribution < 1.29 is 9.53 Å². The first kappa shape index (κ1) is 19.7. The summed E-state index contributed by atoms with van der Waals surface area (Å²) in [6, 6.07) is 9.13. The monoisotopic (exact) mass is 357 g/mol. The number of nitrogens with one attached hydrogen (secondary N) is 2. The second kappa shape index (κ2) is 9.72. The van der Waals surface area contributed by atoms with E-state index in [-0.39, 0.29) is 12.0 Å². The minimum absolute atomic E-state index is 0.130. The average Bonchev–Trinajstić information content (AvgIpc) is 2.60. The van der Waals surface area contributed by atoms with E-state index in [1.165, 1.54) is 0 Å². The van der Waals surface area contributed by atoms with Gasteiger partial charge in [-0.1, -0.05) is 0 Å². The quantitative estimate of drug-likeness (QED) is 0.672. The van der Waals surface area contributed by atoms with E-state index < -0.39 is 0 Å². The number of carbonyl (C=O) groups is 1. The Bertz CT molecular complexity index is 701. The van der Waals surface area contributed by atoms with Crippen LogP contribution in [0.1, 0.15) is 30.8 Å². The number of ether oxygens (including phenoxy) is 1. The fourth-order valence-corrected chi connectivity index (χ4v) is 2.25. The van der Waals surface area contributed by atoms with Gasteiger partial charge in [0.15, 0.2) is 0 Å². The molecule has 0 aliphatic rings. The van der Waals surface area contributed by atoms with Gasteiger partial charge in [0.25, 0.3) is 5.91 Å². The number of amides is 1. The molecule has 1 aromatic carbocycles. The van der Waals surface area contributed by atoms with Crippen molar-refractivity contribution in [2.75, 3.05) is 32.5 Å². The van der Waals surface area contributed by atoms with Gasteiger partial charge in [-0.15, -0.1) is 0 Å². The fraction of sp³-hybridized carbons (Fsp3) is 0.421. The topological polar surface area (TPSA) is 79.4 Å². The van der Waals surface area contributed by atoms with Gasteiger partial charge in [-0.2, -0.15) is 0 Å². The van der Waals surface area contributed by atoms with Crippen LogP contribution in [0.3, 0.4) is 0 Å². The molecule has 140 valence electrons. The lowest BCUT2D eigenvalue weighted by atomic mass is 10.3. The van der Waals surface area contributed by atoms with Gasteiger partial charge < -0.3 is 20.3 Å². The molecule has 0 saturated carbocycles. The summed E-state index contributed by atoms with van der Waals surface area (Å²) in [6.07, 6.45) is 2.59. The normalized spacial score (nSPS) is 10.8. The van der Waals surface area contributed by atoms with Crippen LogP contribution >= 0.6 is 0 Å². The number of carbonyl (C=O) groups excluding carboxylic acids is 1. The van der Waals surface area contributed by atoms with Crippen LogP contribution in [0.15, 0.2) is 36.5 Å². The third-order valence-electron chi connectivity index (χ3n) is 3.44. The lowest BCUT2D eigenvalue weighted by molar-refractivity contribution is 0.0947. The Labute approximate surface area is 154 Å². The summed E-state index contributed by atoms with van der Waals surface area (Å²) in [7, 11) is 4.01. The number of nitrogens with zero attached hydrogens (tertiary/aromatic N) is 3. The third kappa shape index (κ3) is 6.68. The van der Waals surface area contributed by atoms with Crippen LogP contribution in [-0.4, -0.2) is 54.1 Å². The van der Waals surface area contributed by atoms with Crippen LogP contribution in [0.5, 0.6) is 5.75 Å². The Kier molecular flexibility index (Phi) is 7.35. The number of hydrogen-bond donors (Lipinski definition) is 2. The number of anilines is 2. The summed E-state index contributed by atoms with van der Waals surface area (Å²) in [5.41, 5.74) is 1.16. The Morgan fingerprint density at radius 3 is 2.58 bits per heavy atom. The molecule has 0 saturated heterocycles. The Hall–Kier alpha value is -2.67. The van der Waals surface area contributed by atoms with Gasteiger partial charge in [0.05, 0.1) is 6.10 Å². The molecule has 1 heterocycles. The van der Waals surface area contributed by atoms with Gasteiger partial charge in [0.2, 0.25) is 5.95 Å². The Morgan fingerprint density at radius 1 is 1.19 bits per heavy atom. The van der Waals surface area contributed by atoms with Crippen molar-refractivity contribution in [1.82, 2.24) is 20.2 Å². The molecule has 1 amide bonds. The molecule has 2 rings (SSSR count). The molecule has 2 aromatic rings. The molecule has 2 N–H and O–H groups in total. The fourth-order valence-electron chi connectivity index (χ4n) is 2.25. The molecule has 0 radical (unpaired) electrons. The van der Waals surface area contributed by atoms with Crippen molar-refractivity contribution in [3.63, 3.8) is 0 Å². The molecule has 1 aromatic heterocycles. The Morgan fingerprint density at radius 2 is 1.92 bits per heavy atom. The summed E-state index contributed by atoms with van der Waals surface area (Å²) in [5, 5.41) is 5.97. The number of rotatable bonds is 9. The maximum Gasteiger partial charge on any atom is 0.270 e. The van der Waals surface area contributed by atoms with E-state index in [2.05, 4.69) is 25.5 Å². The maximum absolute atomic E-state index is 12.2. The summed E-state index contributed by atoms with van der Waals surface area (Å²) in [4.78, 5) is 22.7. The predicted octanol–water partition coefficient (Wildman–Crippen LogP) is 2.69. The molecule has 0 atom stereocenters. The zero-order valence-corrected chi connectivity index (χ0v) is 15.8. The van der Waals surface area contributed by atoms with Gasteiger partial charge in [-0.05, 0) is 71.2 Å². The van der Waals surface area contributed by atoms with Crippen molar-refractivity contribution in [2.45, 2.75) is 26.4 Å². The molecular formula is C19H27N5O2. The first-order valence-electron chi connectivity index (χ1n) is 8.74. The predicted molar refractivity (Wildman–Crippen MR) is 103 cm³/mol. The molecule has 7 nitrogen and oxygen atoms in total. The van der Waals surface area contributed by atoms with E-state index in [1.807, 2.05) is 52.2 Å². The number of aromatic nitrogens is 2. The highest BCUT2D eigenvalue weighted by Crippen LogP contribution is 2.19.